The summed E-state index contributed by atoms with van der Waals surface area (Å²) < 4.78 is 11.2. The molecule has 0 amide bonds. The maximum atomic E-state index is 12.3. The van der Waals surface area contributed by atoms with Crippen molar-refractivity contribution in [3.05, 3.63) is 72.9 Å². The normalized spacial score (nSPS) is 12.9. The standard InChI is InChI=1S/C55H98O4/c1-3-5-7-9-11-13-15-17-19-21-23-25-27-28-29-30-32-34-36-38-40-42-44-46-48-50-55(57)59-54(52-56)53-58-51-49-47-45-43-41-39-37-35-33-31-26-24-22-20-18-16-14-12-10-8-6-4-2/h5,7,11,13,17,19,23,25,28-29,32,34,54,56H,3-4,6,8-10,12,14-16,18,20-22,24,26-27,30-31,33,35-53H2,1-2H3/b7-5-,13-11-,19-17-,25-23-,29-28-,34-32-. The Bertz CT molecular complexity index is 1000. The molecule has 0 fully saturated rings. The molecule has 0 saturated carbocycles. The number of unbranched alkanes of at least 4 members (excludes halogenated alkanes) is 27. The maximum Gasteiger partial charge on any atom is 0.306 e. The lowest BCUT2D eigenvalue weighted by Gasteiger charge is -2.16. The molecule has 4 heteroatoms. The number of allylic oxidation sites excluding steroid dienone is 12. The molecule has 59 heavy (non-hydrogen) atoms. The van der Waals surface area contributed by atoms with Crippen molar-refractivity contribution >= 4 is 5.97 Å². The van der Waals surface area contributed by atoms with Gasteiger partial charge in [0.05, 0.1) is 13.2 Å². The van der Waals surface area contributed by atoms with E-state index in [0.29, 0.717) is 13.0 Å². The van der Waals surface area contributed by atoms with Gasteiger partial charge in [-0.1, -0.05) is 247 Å². The minimum Gasteiger partial charge on any atom is -0.457 e. The van der Waals surface area contributed by atoms with Gasteiger partial charge in [-0.25, -0.2) is 0 Å². The van der Waals surface area contributed by atoms with Crippen LogP contribution in [-0.2, 0) is 14.3 Å². The van der Waals surface area contributed by atoms with Crippen LogP contribution in [0.5, 0.6) is 0 Å². The molecule has 0 radical (unpaired) electrons. The summed E-state index contributed by atoms with van der Waals surface area (Å²) in [7, 11) is 0. The molecule has 0 rings (SSSR count). The van der Waals surface area contributed by atoms with Crippen LogP contribution in [0, 0.1) is 0 Å². The van der Waals surface area contributed by atoms with Crippen molar-refractivity contribution in [2.75, 3.05) is 19.8 Å². The zero-order chi connectivity index (χ0) is 42.6. The third-order valence-corrected chi connectivity index (χ3v) is 11.0. The van der Waals surface area contributed by atoms with Gasteiger partial charge in [0, 0.05) is 13.0 Å². The highest BCUT2D eigenvalue weighted by Gasteiger charge is 2.13. The van der Waals surface area contributed by atoms with Crippen LogP contribution in [0.25, 0.3) is 0 Å². The van der Waals surface area contributed by atoms with Crippen LogP contribution < -0.4 is 0 Å². The molecule has 0 heterocycles. The molecule has 342 valence electrons. The molecule has 0 aromatic carbocycles. The molecule has 0 bridgehead atoms. The van der Waals surface area contributed by atoms with E-state index in [2.05, 4.69) is 86.8 Å². The largest absolute Gasteiger partial charge is 0.457 e. The SMILES string of the molecule is CC/C=C\C/C=C\C/C=C\C/C=C\C/C=C\C/C=C\CCCCCCCCC(=O)OC(CO)COCCCCCCCCCCCCCCCCCCCCCCCC. The third-order valence-electron chi connectivity index (χ3n) is 11.0. The molecule has 0 aromatic heterocycles. The molecular weight excluding hydrogens is 725 g/mol. The van der Waals surface area contributed by atoms with Gasteiger partial charge in [-0.2, -0.15) is 0 Å². The van der Waals surface area contributed by atoms with E-state index in [0.717, 1.165) is 70.6 Å². The Hall–Kier alpha value is -2.17. The number of rotatable bonds is 47. The quantitative estimate of drug-likeness (QED) is 0.0377. The lowest BCUT2D eigenvalue weighted by Crippen LogP contribution is -2.27. The van der Waals surface area contributed by atoms with Crippen molar-refractivity contribution in [2.24, 2.45) is 0 Å². The van der Waals surface area contributed by atoms with E-state index < -0.39 is 6.10 Å². The van der Waals surface area contributed by atoms with Gasteiger partial charge < -0.3 is 14.6 Å². The molecule has 0 aliphatic heterocycles. The first kappa shape index (κ1) is 56.8. The zero-order valence-corrected chi connectivity index (χ0v) is 39.3. The number of aliphatic hydroxyl groups is 1. The Morgan fingerprint density at radius 1 is 0.424 bits per heavy atom. The first-order valence-corrected chi connectivity index (χ1v) is 25.5. The van der Waals surface area contributed by atoms with Crippen LogP contribution >= 0.6 is 0 Å². The topological polar surface area (TPSA) is 55.8 Å². The Kier molecular flexibility index (Phi) is 50.1. The van der Waals surface area contributed by atoms with Gasteiger partial charge in [-0.3, -0.25) is 4.79 Å². The fourth-order valence-corrected chi connectivity index (χ4v) is 7.27. The summed E-state index contributed by atoms with van der Waals surface area (Å²) in [5.41, 5.74) is 0. The van der Waals surface area contributed by atoms with Crippen LogP contribution in [-0.4, -0.2) is 37.0 Å². The molecule has 1 atom stereocenters. The van der Waals surface area contributed by atoms with E-state index in [1.165, 1.54) is 154 Å². The minimum absolute atomic E-state index is 0.179. The third kappa shape index (κ3) is 50.1. The van der Waals surface area contributed by atoms with Crippen molar-refractivity contribution in [3.63, 3.8) is 0 Å². The summed E-state index contributed by atoms with van der Waals surface area (Å²) in [4.78, 5) is 12.3. The molecule has 4 nitrogen and oxygen atoms in total. The van der Waals surface area contributed by atoms with E-state index in [1.807, 2.05) is 0 Å². The van der Waals surface area contributed by atoms with Crippen LogP contribution in [0.2, 0.25) is 0 Å². The molecule has 0 aromatic rings. The van der Waals surface area contributed by atoms with E-state index in [4.69, 9.17) is 9.47 Å². The Labute approximate surface area is 367 Å². The van der Waals surface area contributed by atoms with Gasteiger partial charge in [0.15, 0.2) is 0 Å². The highest BCUT2D eigenvalue weighted by Crippen LogP contribution is 2.16. The maximum absolute atomic E-state index is 12.3. The molecule has 1 unspecified atom stereocenters. The minimum atomic E-state index is -0.545. The second-order valence-corrected chi connectivity index (χ2v) is 16.9. The van der Waals surface area contributed by atoms with Gasteiger partial charge in [-0.15, -0.1) is 0 Å². The smallest absolute Gasteiger partial charge is 0.306 e. The first-order valence-electron chi connectivity index (χ1n) is 25.5. The van der Waals surface area contributed by atoms with Gasteiger partial charge in [0.25, 0.3) is 0 Å². The van der Waals surface area contributed by atoms with Crippen molar-refractivity contribution in [1.82, 2.24) is 0 Å². The lowest BCUT2D eigenvalue weighted by molar-refractivity contribution is -0.154. The summed E-state index contributed by atoms with van der Waals surface area (Å²) in [6, 6.07) is 0. The molecule has 0 aliphatic rings. The van der Waals surface area contributed by atoms with Crippen molar-refractivity contribution < 1.29 is 19.4 Å². The van der Waals surface area contributed by atoms with E-state index in [-0.39, 0.29) is 19.2 Å². The average Bonchev–Trinajstić information content (AvgIpc) is 3.24. The molecule has 0 aliphatic carbocycles. The molecule has 0 spiro atoms. The van der Waals surface area contributed by atoms with Gasteiger partial charge in [0.1, 0.15) is 6.10 Å². The Morgan fingerprint density at radius 2 is 0.763 bits per heavy atom. The van der Waals surface area contributed by atoms with E-state index in [1.54, 1.807) is 0 Å². The summed E-state index contributed by atoms with van der Waals surface area (Å²) in [6.07, 6.45) is 71.3. The number of ether oxygens (including phenoxy) is 2. The molecule has 0 saturated heterocycles. The summed E-state index contributed by atoms with van der Waals surface area (Å²) >= 11 is 0. The van der Waals surface area contributed by atoms with Crippen molar-refractivity contribution in [1.29, 1.82) is 0 Å². The van der Waals surface area contributed by atoms with Gasteiger partial charge >= 0.3 is 5.97 Å². The Balaban J connectivity index is 3.46. The highest BCUT2D eigenvalue weighted by atomic mass is 16.6. The fraction of sp³-hybridized carbons (Fsp3) is 0.764. The monoisotopic (exact) mass is 823 g/mol. The number of hydrogen-bond donors (Lipinski definition) is 1. The number of hydrogen-bond acceptors (Lipinski definition) is 4. The van der Waals surface area contributed by atoms with Crippen LogP contribution in [0.1, 0.15) is 245 Å². The molecule has 1 N–H and O–H groups in total. The summed E-state index contributed by atoms with van der Waals surface area (Å²) in [5, 5.41) is 9.65. The number of carbonyl (C=O) groups is 1. The predicted octanol–water partition coefficient (Wildman–Crippen LogP) is 17.3. The summed E-state index contributed by atoms with van der Waals surface area (Å²) in [5.74, 6) is -0.213. The summed E-state index contributed by atoms with van der Waals surface area (Å²) in [6.45, 7) is 5.24. The van der Waals surface area contributed by atoms with Gasteiger partial charge in [-0.05, 0) is 64.2 Å². The van der Waals surface area contributed by atoms with Crippen LogP contribution in [0.4, 0.5) is 0 Å². The fourth-order valence-electron chi connectivity index (χ4n) is 7.27. The van der Waals surface area contributed by atoms with Crippen molar-refractivity contribution in [3.8, 4) is 0 Å². The number of aliphatic hydroxyl groups excluding tert-OH is 1. The average molecular weight is 823 g/mol. The molecular formula is C55H98O4. The van der Waals surface area contributed by atoms with E-state index in [9.17, 15) is 9.90 Å². The second-order valence-electron chi connectivity index (χ2n) is 16.9. The van der Waals surface area contributed by atoms with Crippen molar-refractivity contribution in [2.45, 2.75) is 251 Å². The van der Waals surface area contributed by atoms with E-state index >= 15 is 0 Å². The predicted molar refractivity (Wildman–Crippen MR) is 260 cm³/mol. The highest BCUT2D eigenvalue weighted by molar-refractivity contribution is 5.69. The van der Waals surface area contributed by atoms with Crippen LogP contribution in [0.15, 0.2) is 72.9 Å². The second kappa shape index (κ2) is 52.0. The number of esters is 1. The van der Waals surface area contributed by atoms with Crippen LogP contribution in [0.3, 0.4) is 0 Å². The lowest BCUT2D eigenvalue weighted by atomic mass is 10.0. The van der Waals surface area contributed by atoms with Gasteiger partial charge in [0.2, 0.25) is 0 Å². The zero-order valence-electron chi connectivity index (χ0n) is 39.3. The first-order chi connectivity index (χ1) is 29.2. The number of carbonyl (C=O) groups excluding carboxylic acids is 1. The Morgan fingerprint density at radius 3 is 1.15 bits per heavy atom.